The van der Waals surface area contributed by atoms with Crippen LogP contribution in [0.4, 0.5) is 0 Å². The lowest BCUT2D eigenvalue weighted by atomic mass is 9.86. The van der Waals surface area contributed by atoms with Crippen molar-refractivity contribution in [1.82, 2.24) is 15.0 Å². The summed E-state index contributed by atoms with van der Waals surface area (Å²) in [5.41, 5.74) is 13.2. The molecule has 3 heterocycles. The maximum Gasteiger partial charge on any atom is 0.228 e. The Labute approximate surface area is 284 Å². The van der Waals surface area contributed by atoms with Crippen LogP contribution in [-0.2, 0) is 0 Å². The van der Waals surface area contributed by atoms with E-state index in [0.717, 1.165) is 72.6 Å². The molecular weight excluding hydrogens is 599 g/mol. The average Bonchev–Trinajstić information content (AvgIpc) is 3.62. The lowest BCUT2D eigenvalue weighted by Gasteiger charge is -2.18. The van der Waals surface area contributed by atoms with Gasteiger partial charge in [0.15, 0.2) is 5.58 Å². The normalized spacial score (nSPS) is 11.3. The van der Waals surface area contributed by atoms with Crippen LogP contribution in [0.3, 0.4) is 0 Å². The monoisotopic (exact) mass is 627 g/mol. The van der Waals surface area contributed by atoms with Crippen LogP contribution in [0.2, 0.25) is 0 Å². The second kappa shape index (κ2) is 12.2. The molecule has 0 spiro atoms. The molecule has 0 saturated heterocycles. The average molecular weight is 628 g/mol. The Morgan fingerprint density at radius 1 is 0.429 bits per heavy atom. The minimum Gasteiger partial charge on any atom is -0.436 e. The summed E-state index contributed by atoms with van der Waals surface area (Å²) in [5, 5.41) is 2.35. The number of benzene rings is 6. The Hall–Kier alpha value is -6.65. The smallest absolute Gasteiger partial charge is 0.228 e. The Bertz CT molecular complexity index is 2540. The van der Waals surface area contributed by atoms with Gasteiger partial charge in [0.1, 0.15) is 5.52 Å². The van der Waals surface area contributed by atoms with Gasteiger partial charge in [-0.2, -0.15) is 0 Å². The highest BCUT2D eigenvalue weighted by Gasteiger charge is 2.18. The fourth-order valence-corrected chi connectivity index (χ4v) is 6.67. The molecule has 49 heavy (non-hydrogen) atoms. The molecule has 0 unspecified atom stereocenters. The van der Waals surface area contributed by atoms with E-state index in [2.05, 4.69) is 138 Å². The van der Waals surface area contributed by atoms with Gasteiger partial charge in [-0.15, -0.1) is 0 Å². The van der Waals surface area contributed by atoms with E-state index in [-0.39, 0.29) is 0 Å². The molecule has 0 aliphatic rings. The molecule has 0 radical (unpaired) electrons. The number of hydrogen-bond acceptors (Lipinski definition) is 4. The third kappa shape index (κ3) is 5.35. The number of pyridine rings is 2. The molecule has 0 bridgehead atoms. The summed E-state index contributed by atoms with van der Waals surface area (Å²) in [6.07, 6.45) is 3.53. The van der Waals surface area contributed by atoms with Crippen LogP contribution < -0.4 is 0 Å². The molecule has 0 atom stereocenters. The van der Waals surface area contributed by atoms with Gasteiger partial charge in [0.05, 0.1) is 17.0 Å². The maximum absolute atomic E-state index is 6.32. The van der Waals surface area contributed by atoms with Crippen LogP contribution in [0.1, 0.15) is 0 Å². The van der Waals surface area contributed by atoms with Gasteiger partial charge in [0.2, 0.25) is 5.89 Å². The highest BCUT2D eigenvalue weighted by atomic mass is 16.3. The van der Waals surface area contributed by atoms with Crippen LogP contribution in [0.5, 0.6) is 0 Å². The Kier molecular flexibility index (Phi) is 7.10. The predicted molar refractivity (Wildman–Crippen MR) is 200 cm³/mol. The van der Waals surface area contributed by atoms with Crippen molar-refractivity contribution in [2.45, 2.75) is 0 Å². The van der Waals surface area contributed by atoms with Gasteiger partial charge in [-0.1, -0.05) is 127 Å². The third-order valence-electron chi connectivity index (χ3n) is 9.01. The van der Waals surface area contributed by atoms with Gasteiger partial charge in [-0.3, -0.25) is 4.98 Å². The third-order valence-corrected chi connectivity index (χ3v) is 9.01. The molecule has 0 aliphatic carbocycles. The number of aromatic nitrogens is 3. The molecule has 0 aliphatic heterocycles. The van der Waals surface area contributed by atoms with Crippen molar-refractivity contribution in [2.75, 3.05) is 0 Å². The van der Waals surface area contributed by atoms with E-state index in [1.165, 1.54) is 10.8 Å². The van der Waals surface area contributed by atoms with Crippen LogP contribution in [-0.4, -0.2) is 15.0 Å². The maximum atomic E-state index is 6.32. The molecule has 0 saturated carbocycles. The first-order chi connectivity index (χ1) is 24.3. The first-order valence-corrected chi connectivity index (χ1v) is 16.3. The van der Waals surface area contributed by atoms with Crippen molar-refractivity contribution in [3.8, 4) is 67.3 Å². The molecule has 9 rings (SSSR count). The van der Waals surface area contributed by atoms with Crippen molar-refractivity contribution in [1.29, 1.82) is 0 Å². The number of rotatable bonds is 6. The minimum atomic E-state index is 0.560. The Balaban J connectivity index is 1.26. The van der Waals surface area contributed by atoms with Gasteiger partial charge in [-0.25, -0.2) is 9.97 Å². The van der Waals surface area contributed by atoms with Crippen molar-refractivity contribution in [3.63, 3.8) is 0 Å². The molecule has 4 nitrogen and oxygen atoms in total. The van der Waals surface area contributed by atoms with Gasteiger partial charge in [-0.05, 0) is 80.6 Å². The second-order valence-corrected chi connectivity index (χ2v) is 12.1. The van der Waals surface area contributed by atoms with Crippen LogP contribution in [0.25, 0.3) is 89.2 Å². The summed E-state index contributed by atoms with van der Waals surface area (Å²) in [4.78, 5) is 14.2. The van der Waals surface area contributed by atoms with Crippen molar-refractivity contribution in [3.05, 3.63) is 176 Å². The molecule has 3 aromatic heterocycles. The summed E-state index contributed by atoms with van der Waals surface area (Å²) in [6, 6.07) is 57.1. The standard InChI is InChI=1S/C45H29N3O/c1-3-13-31(14-4-1)41-26-35(27-42(47-41)32-15-5-2-6-16-32)36-18-9-10-20-38(36)39-23-21-30-12-7-8-19-37(30)44(39)33-22-24-40-43(28-33)49-45(48-40)34-17-11-25-46-29-34/h1-29H. The SMILES string of the molecule is c1ccc(-c2cc(-c3ccccc3-c3ccc4ccccc4c3-c3ccc4nc(-c5cccnc5)oc4c3)cc(-c3ccccc3)n2)cc1. The van der Waals surface area contributed by atoms with Crippen molar-refractivity contribution >= 4 is 21.9 Å². The predicted octanol–water partition coefficient (Wildman–Crippen LogP) is 11.8. The topological polar surface area (TPSA) is 51.8 Å². The van der Waals surface area contributed by atoms with Gasteiger partial charge >= 0.3 is 0 Å². The molecule has 0 amide bonds. The second-order valence-electron chi connectivity index (χ2n) is 12.1. The van der Waals surface area contributed by atoms with E-state index < -0.39 is 0 Å². The molecule has 4 heteroatoms. The first kappa shape index (κ1) is 28.6. The summed E-state index contributed by atoms with van der Waals surface area (Å²) < 4.78 is 6.32. The Morgan fingerprint density at radius 3 is 1.84 bits per heavy atom. The minimum absolute atomic E-state index is 0.560. The summed E-state index contributed by atoms with van der Waals surface area (Å²) in [5.74, 6) is 0.560. The summed E-state index contributed by atoms with van der Waals surface area (Å²) >= 11 is 0. The van der Waals surface area contributed by atoms with Crippen molar-refractivity contribution < 1.29 is 4.42 Å². The fraction of sp³-hybridized carbons (Fsp3) is 0. The highest BCUT2D eigenvalue weighted by molar-refractivity contribution is 6.07. The van der Waals surface area contributed by atoms with Crippen LogP contribution in [0.15, 0.2) is 181 Å². The molecule has 230 valence electrons. The highest BCUT2D eigenvalue weighted by Crippen LogP contribution is 2.43. The van der Waals surface area contributed by atoms with E-state index in [9.17, 15) is 0 Å². The zero-order valence-electron chi connectivity index (χ0n) is 26.5. The van der Waals surface area contributed by atoms with Gasteiger partial charge < -0.3 is 4.42 Å². The number of hydrogen-bond donors (Lipinski definition) is 0. The first-order valence-electron chi connectivity index (χ1n) is 16.3. The molecule has 6 aromatic carbocycles. The summed E-state index contributed by atoms with van der Waals surface area (Å²) in [7, 11) is 0. The van der Waals surface area contributed by atoms with E-state index in [4.69, 9.17) is 14.4 Å². The van der Waals surface area contributed by atoms with E-state index in [1.54, 1.807) is 12.4 Å². The molecule has 0 fully saturated rings. The quantitative estimate of drug-likeness (QED) is 0.184. The van der Waals surface area contributed by atoms with Gasteiger partial charge in [0.25, 0.3) is 0 Å². The lowest BCUT2D eigenvalue weighted by molar-refractivity contribution is 0.619. The summed E-state index contributed by atoms with van der Waals surface area (Å²) in [6.45, 7) is 0. The number of fused-ring (bicyclic) bond motifs is 2. The zero-order valence-corrected chi connectivity index (χ0v) is 26.5. The van der Waals surface area contributed by atoms with Crippen molar-refractivity contribution in [2.24, 2.45) is 0 Å². The molecular formula is C45H29N3O. The molecule has 9 aromatic rings. The van der Waals surface area contributed by atoms with Gasteiger partial charge in [0, 0.05) is 23.5 Å². The lowest BCUT2D eigenvalue weighted by Crippen LogP contribution is -1.94. The number of nitrogens with zero attached hydrogens (tertiary/aromatic N) is 3. The number of oxazole rings is 1. The molecule has 0 N–H and O–H groups in total. The largest absolute Gasteiger partial charge is 0.436 e. The fourth-order valence-electron chi connectivity index (χ4n) is 6.67. The zero-order chi connectivity index (χ0) is 32.6. The Morgan fingerprint density at radius 2 is 1.10 bits per heavy atom. The van der Waals surface area contributed by atoms with E-state index in [1.807, 2.05) is 30.3 Å². The van der Waals surface area contributed by atoms with E-state index in [0.29, 0.717) is 5.89 Å². The van der Waals surface area contributed by atoms with Crippen LogP contribution >= 0.6 is 0 Å². The van der Waals surface area contributed by atoms with Crippen LogP contribution in [0, 0.1) is 0 Å². The van der Waals surface area contributed by atoms with E-state index >= 15 is 0 Å².